The quantitative estimate of drug-likeness (QED) is 0.690. The Hall–Kier alpha value is -1.31. The Bertz CT molecular complexity index is 683. The van der Waals surface area contributed by atoms with Crippen LogP contribution in [0.25, 0.3) is 20.5 Å². The Labute approximate surface area is 113 Å². The molecule has 0 aliphatic rings. The fourth-order valence-electron chi connectivity index (χ4n) is 2.27. The van der Waals surface area contributed by atoms with Crippen LogP contribution in [-0.2, 0) is 0 Å². The Kier molecular flexibility index (Phi) is 3.11. The number of anilines is 1. The predicted octanol–water partition coefficient (Wildman–Crippen LogP) is 3.29. The Morgan fingerprint density at radius 2 is 1.83 bits per heavy atom. The molecule has 0 amide bonds. The summed E-state index contributed by atoms with van der Waals surface area (Å²) in [5, 5.41) is 2.70. The first-order valence-electron chi connectivity index (χ1n) is 6.36. The van der Waals surface area contributed by atoms with E-state index in [1.54, 1.807) is 0 Å². The van der Waals surface area contributed by atoms with Gasteiger partial charge in [-0.05, 0) is 0 Å². The zero-order chi connectivity index (χ0) is 12.5. The van der Waals surface area contributed by atoms with Gasteiger partial charge in [0.25, 0.3) is 0 Å². The zero-order valence-corrected chi connectivity index (χ0v) is 12.4. The van der Waals surface area contributed by atoms with E-state index in [2.05, 4.69) is 55.1 Å². The first-order chi connectivity index (χ1) is 8.83. The van der Waals surface area contributed by atoms with Crippen LogP contribution in [-0.4, -0.2) is 32.6 Å². The summed E-state index contributed by atoms with van der Waals surface area (Å²) < 4.78 is 2.72. The molecule has 0 aliphatic heterocycles. The maximum absolute atomic E-state index is 4.81. The van der Waals surface area contributed by atoms with Gasteiger partial charge in [0.15, 0.2) is 0 Å². The van der Waals surface area contributed by atoms with Gasteiger partial charge in [-0.3, -0.25) is 0 Å². The van der Waals surface area contributed by atoms with Crippen LogP contribution in [0.4, 0.5) is 4.69 Å². The van der Waals surface area contributed by atoms with Gasteiger partial charge in [-0.25, -0.2) is 0 Å². The summed E-state index contributed by atoms with van der Waals surface area (Å²) in [5.41, 5.74) is 1.18. The number of aromatic nitrogens is 1. The van der Waals surface area contributed by atoms with E-state index in [1.165, 1.54) is 25.2 Å². The van der Waals surface area contributed by atoms with Crippen LogP contribution in [0.15, 0.2) is 36.4 Å². The van der Waals surface area contributed by atoms with Crippen molar-refractivity contribution in [2.24, 2.45) is 0 Å². The van der Waals surface area contributed by atoms with Crippen molar-refractivity contribution in [2.45, 2.75) is 13.8 Å². The average molecular weight is 303 g/mol. The standard InChI is InChI=1S/C15H16N2Se/c1-3-17(4-2)15-16-13-10-9-11-7-5-6-8-12(11)14(13)18-15/h5-10H,3-4H2,1-2H3. The van der Waals surface area contributed by atoms with Crippen molar-refractivity contribution in [1.29, 1.82) is 0 Å². The summed E-state index contributed by atoms with van der Waals surface area (Å²) >= 11 is 0.349. The van der Waals surface area contributed by atoms with Crippen molar-refractivity contribution in [3.63, 3.8) is 0 Å². The molecule has 0 N–H and O–H groups in total. The molecule has 0 unspecified atom stereocenters. The normalized spacial score (nSPS) is 11.2. The van der Waals surface area contributed by atoms with Crippen molar-refractivity contribution in [3.8, 4) is 0 Å². The van der Waals surface area contributed by atoms with Crippen molar-refractivity contribution >= 4 is 39.7 Å². The molecule has 3 rings (SSSR count). The van der Waals surface area contributed by atoms with E-state index in [4.69, 9.17) is 4.98 Å². The van der Waals surface area contributed by atoms with Crippen LogP contribution >= 0.6 is 0 Å². The van der Waals surface area contributed by atoms with Crippen molar-refractivity contribution in [3.05, 3.63) is 36.4 Å². The van der Waals surface area contributed by atoms with E-state index in [0.717, 1.165) is 13.1 Å². The number of nitrogens with zero attached hydrogens (tertiary/aromatic N) is 2. The van der Waals surface area contributed by atoms with Crippen molar-refractivity contribution in [1.82, 2.24) is 4.98 Å². The summed E-state index contributed by atoms with van der Waals surface area (Å²) in [6, 6.07) is 13.0. The van der Waals surface area contributed by atoms with Crippen LogP contribution in [0, 0.1) is 0 Å². The number of fused-ring (bicyclic) bond motifs is 3. The second-order valence-corrected chi connectivity index (χ2v) is 6.35. The Morgan fingerprint density at radius 3 is 2.61 bits per heavy atom. The first kappa shape index (κ1) is 11.8. The minimum atomic E-state index is 0.349. The SMILES string of the molecule is CCN(CC)c1nc2ccc3ccccc3c2[se]1. The summed E-state index contributed by atoms with van der Waals surface area (Å²) in [5.74, 6) is 0. The molecule has 0 spiro atoms. The third kappa shape index (κ3) is 1.84. The average Bonchev–Trinajstić information content (AvgIpc) is 2.84. The molecule has 0 bridgehead atoms. The van der Waals surface area contributed by atoms with Crippen LogP contribution in [0.5, 0.6) is 0 Å². The van der Waals surface area contributed by atoms with Crippen molar-refractivity contribution < 1.29 is 0 Å². The van der Waals surface area contributed by atoms with E-state index in [-0.39, 0.29) is 0 Å². The van der Waals surface area contributed by atoms with E-state index < -0.39 is 0 Å². The van der Waals surface area contributed by atoms with Gasteiger partial charge in [0.1, 0.15) is 0 Å². The van der Waals surface area contributed by atoms with Crippen LogP contribution in [0.1, 0.15) is 13.8 Å². The molecule has 0 aliphatic carbocycles. The Morgan fingerprint density at radius 1 is 1.06 bits per heavy atom. The monoisotopic (exact) mass is 304 g/mol. The molecule has 2 nitrogen and oxygen atoms in total. The molecule has 1 aromatic heterocycles. The molecule has 0 atom stereocenters. The predicted molar refractivity (Wildman–Crippen MR) is 79.8 cm³/mol. The molecule has 92 valence electrons. The second kappa shape index (κ2) is 4.75. The van der Waals surface area contributed by atoms with Crippen LogP contribution in [0.2, 0.25) is 0 Å². The third-order valence-corrected chi connectivity index (χ3v) is 5.75. The molecule has 0 saturated carbocycles. The molecular formula is C15H16N2Se. The van der Waals surface area contributed by atoms with Gasteiger partial charge < -0.3 is 0 Å². The molecule has 0 radical (unpaired) electrons. The first-order valence-corrected chi connectivity index (χ1v) is 8.08. The van der Waals surface area contributed by atoms with Gasteiger partial charge in [-0.1, -0.05) is 0 Å². The molecule has 3 aromatic rings. The summed E-state index contributed by atoms with van der Waals surface area (Å²) in [7, 11) is 0. The Balaban J connectivity index is 2.25. The maximum atomic E-state index is 4.81. The molecular weight excluding hydrogens is 287 g/mol. The van der Waals surface area contributed by atoms with Gasteiger partial charge in [0.2, 0.25) is 0 Å². The van der Waals surface area contributed by atoms with Gasteiger partial charge in [-0.15, -0.1) is 0 Å². The van der Waals surface area contributed by atoms with E-state index in [0.29, 0.717) is 14.5 Å². The minimum absolute atomic E-state index is 0.349. The summed E-state index contributed by atoms with van der Waals surface area (Å²) in [6.45, 7) is 6.48. The fraction of sp³-hybridized carbons (Fsp3) is 0.267. The zero-order valence-electron chi connectivity index (χ0n) is 10.7. The van der Waals surface area contributed by atoms with Gasteiger partial charge in [0.05, 0.1) is 0 Å². The third-order valence-electron chi connectivity index (χ3n) is 3.30. The molecule has 0 saturated heterocycles. The van der Waals surface area contributed by atoms with E-state index >= 15 is 0 Å². The molecule has 3 heteroatoms. The molecule has 1 heterocycles. The van der Waals surface area contributed by atoms with Crippen molar-refractivity contribution in [2.75, 3.05) is 18.0 Å². The number of hydrogen-bond acceptors (Lipinski definition) is 2. The van der Waals surface area contributed by atoms with Gasteiger partial charge in [0, 0.05) is 0 Å². The molecule has 18 heavy (non-hydrogen) atoms. The van der Waals surface area contributed by atoms with Gasteiger partial charge in [-0.2, -0.15) is 0 Å². The number of benzene rings is 2. The molecule has 2 aromatic carbocycles. The fourth-order valence-corrected chi connectivity index (χ4v) is 4.85. The van der Waals surface area contributed by atoms with Crippen LogP contribution < -0.4 is 4.90 Å². The van der Waals surface area contributed by atoms with Crippen LogP contribution in [0.3, 0.4) is 0 Å². The number of hydrogen-bond donors (Lipinski definition) is 0. The van der Waals surface area contributed by atoms with Gasteiger partial charge >= 0.3 is 113 Å². The molecule has 0 fully saturated rings. The topological polar surface area (TPSA) is 16.1 Å². The van der Waals surface area contributed by atoms with E-state index in [9.17, 15) is 0 Å². The van der Waals surface area contributed by atoms with E-state index in [1.807, 2.05) is 0 Å². The second-order valence-electron chi connectivity index (χ2n) is 4.30. The summed E-state index contributed by atoms with van der Waals surface area (Å²) in [6.07, 6.45) is 0. The number of rotatable bonds is 3. The summed E-state index contributed by atoms with van der Waals surface area (Å²) in [4.78, 5) is 7.18.